The molecule has 7 nitrogen and oxygen atoms in total. The molecule has 2 N–H and O–H groups in total. The fraction of sp³-hybridized carbons (Fsp3) is 0.455. The predicted octanol–water partition coefficient (Wildman–Crippen LogP) is 5.09. The van der Waals surface area contributed by atoms with E-state index in [1.165, 1.54) is 24.1 Å². The SMILES string of the molecule is Clc1ccc(C2CCCN2c2nc(Nc3cc(C4CC4)[nH]n3)nc(C3CC3)n2)cc1. The van der Waals surface area contributed by atoms with Gasteiger partial charge in [-0.1, -0.05) is 23.7 Å². The lowest BCUT2D eigenvalue weighted by Crippen LogP contribution is -2.25. The Hall–Kier alpha value is -2.67. The second-order valence-electron chi connectivity index (χ2n) is 8.60. The highest BCUT2D eigenvalue weighted by molar-refractivity contribution is 6.30. The summed E-state index contributed by atoms with van der Waals surface area (Å²) in [5.41, 5.74) is 2.44. The van der Waals surface area contributed by atoms with Gasteiger partial charge in [0.15, 0.2) is 5.82 Å². The molecular formula is C22H24ClN7. The summed E-state index contributed by atoms with van der Waals surface area (Å²) in [6.07, 6.45) is 6.98. The van der Waals surface area contributed by atoms with Crippen molar-refractivity contribution in [3.05, 3.63) is 52.4 Å². The Morgan fingerprint density at radius 1 is 0.967 bits per heavy atom. The van der Waals surface area contributed by atoms with Gasteiger partial charge in [-0.2, -0.15) is 20.1 Å². The zero-order valence-electron chi connectivity index (χ0n) is 16.7. The number of H-pyrrole nitrogens is 1. The van der Waals surface area contributed by atoms with Crippen LogP contribution in [0.2, 0.25) is 5.02 Å². The van der Waals surface area contributed by atoms with E-state index in [2.05, 4.69) is 38.6 Å². The quantitative estimate of drug-likeness (QED) is 0.577. The van der Waals surface area contributed by atoms with E-state index < -0.39 is 0 Å². The first kappa shape index (κ1) is 18.1. The van der Waals surface area contributed by atoms with Gasteiger partial charge in [-0.3, -0.25) is 5.10 Å². The third-order valence-corrected chi connectivity index (χ3v) is 6.45. The molecule has 0 amide bonds. The predicted molar refractivity (Wildman–Crippen MR) is 116 cm³/mol. The van der Waals surface area contributed by atoms with Crippen LogP contribution in [-0.4, -0.2) is 31.7 Å². The lowest BCUT2D eigenvalue weighted by Gasteiger charge is -2.25. The third kappa shape index (κ3) is 3.62. The van der Waals surface area contributed by atoms with Crippen molar-refractivity contribution in [1.29, 1.82) is 0 Å². The fourth-order valence-electron chi connectivity index (χ4n) is 4.25. The van der Waals surface area contributed by atoms with Gasteiger partial charge >= 0.3 is 0 Å². The van der Waals surface area contributed by atoms with Crippen LogP contribution in [0, 0.1) is 0 Å². The number of hydrogen-bond acceptors (Lipinski definition) is 6. The Balaban J connectivity index is 1.31. The monoisotopic (exact) mass is 421 g/mol. The number of hydrogen-bond donors (Lipinski definition) is 2. The van der Waals surface area contributed by atoms with Gasteiger partial charge in [0.25, 0.3) is 0 Å². The summed E-state index contributed by atoms with van der Waals surface area (Å²) in [4.78, 5) is 16.7. The van der Waals surface area contributed by atoms with Crippen molar-refractivity contribution < 1.29 is 0 Å². The summed E-state index contributed by atoms with van der Waals surface area (Å²) in [6, 6.07) is 10.5. The number of nitrogens with zero attached hydrogens (tertiary/aromatic N) is 5. The highest BCUT2D eigenvalue weighted by Gasteiger charge is 2.32. The summed E-state index contributed by atoms with van der Waals surface area (Å²) >= 11 is 6.09. The first-order valence-electron chi connectivity index (χ1n) is 10.8. The summed E-state index contributed by atoms with van der Waals surface area (Å²) in [5.74, 6) is 4.08. The summed E-state index contributed by atoms with van der Waals surface area (Å²) < 4.78 is 0. The van der Waals surface area contributed by atoms with Gasteiger partial charge in [-0.05, 0) is 56.2 Å². The molecule has 2 aliphatic carbocycles. The van der Waals surface area contributed by atoms with E-state index >= 15 is 0 Å². The highest BCUT2D eigenvalue weighted by Crippen LogP contribution is 2.41. The van der Waals surface area contributed by atoms with Gasteiger partial charge in [-0.25, -0.2) is 0 Å². The molecule has 0 bridgehead atoms. The van der Waals surface area contributed by atoms with Crippen molar-refractivity contribution in [3.8, 4) is 0 Å². The van der Waals surface area contributed by atoms with Crippen molar-refractivity contribution in [1.82, 2.24) is 25.1 Å². The number of nitrogens with one attached hydrogen (secondary N) is 2. The van der Waals surface area contributed by atoms with Crippen LogP contribution in [0.1, 0.15) is 73.5 Å². The average molecular weight is 422 g/mol. The molecule has 3 aromatic rings. The van der Waals surface area contributed by atoms with Crippen LogP contribution < -0.4 is 10.2 Å². The zero-order chi connectivity index (χ0) is 20.1. The Morgan fingerprint density at radius 3 is 2.53 bits per heavy atom. The van der Waals surface area contributed by atoms with Gasteiger partial charge in [-0.15, -0.1) is 0 Å². The molecule has 1 unspecified atom stereocenters. The minimum absolute atomic E-state index is 0.261. The summed E-state index contributed by atoms with van der Waals surface area (Å²) in [6.45, 7) is 0.940. The molecule has 30 heavy (non-hydrogen) atoms. The van der Waals surface area contributed by atoms with E-state index in [9.17, 15) is 0 Å². The van der Waals surface area contributed by atoms with Crippen molar-refractivity contribution >= 4 is 29.3 Å². The summed E-state index contributed by atoms with van der Waals surface area (Å²) in [7, 11) is 0. The van der Waals surface area contributed by atoms with E-state index in [0.717, 1.165) is 54.8 Å². The van der Waals surface area contributed by atoms with E-state index in [1.807, 2.05) is 12.1 Å². The Labute approximate surface area is 180 Å². The second kappa shape index (κ2) is 7.23. The van der Waals surface area contributed by atoms with Crippen molar-refractivity contribution in [2.24, 2.45) is 0 Å². The van der Waals surface area contributed by atoms with Crippen LogP contribution in [0.4, 0.5) is 17.7 Å². The molecule has 1 aromatic carbocycles. The second-order valence-corrected chi connectivity index (χ2v) is 9.04. The number of aromatic nitrogens is 5. The molecule has 2 aromatic heterocycles. The van der Waals surface area contributed by atoms with Gasteiger partial charge in [0.1, 0.15) is 5.82 Å². The number of halogens is 1. The molecule has 1 aliphatic heterocycles. The molecule has 0 spiro atoms. The Morgan fingerprint density at radius 2 is 1.77 bits per heavy atom. The molecule has 1 atom stereocenters. The molecular weight excluding hydrogens is 398 g/mol. The van der Waals surface area contributed by atoms with E-state index in [1.54, 1.807) is 0 Å². The maximum atomic E-state index is 6.09. The van der Waals surface area contributed by atoms with Crippen LogP contribution in [0.5, 0.6) is 0 Å². The molecule has 3 heterocycles. The largest absolute Gasteiger partial charge is 0.334 e. The van der Waals surface area contributed by atoms with E-state index in [-0.39, 0.29) is 6.04 Å². The van der Waals surface area contributed by atoms with Gasteiger partial charge in [0, 0.05) is 35.2 Å². The first-order valence-corrected chi connectivity index (χ1v) is 11.2. The molecule has 6 rings (SSSR count). The van der Waals surface area contributed by atoms with Gasteiger partial charge < -0.3 is 10.2 Å². The number of rotatable bonds is 6. The molecule has 154 valence electrons. The first-order chi connectivity index (χ1) is 14.7. The molecule has 3 fully saturated rings. The molecule has 2 saturated carbocycles. The molecule has 3 aliphatic rings. The number of aromatic amines is 1. The van der Waals surface area contributed by atoms with Crippen molar-refractivity contribution in [2.75, 3.05) is 16.8 Å². The molecule has 8 heteroatoms. The van der Waals surface area contributed by atoms with Gasteiger partial charge in [0.05, 0.1) is 6.04 Å². The van der Waals surface area contributed by atoms with E-state index in [4.69, 9.17) is 26.6 Å². The fourth-order valence-corrected chi connectivity index (χ4v) is 4.37. The lowest BCUT2D eigenvalue weighted by atomic mass is 10.1. The zero-order valence-corrected chi connectivity index (χ0v) is 17.4. The number of anilines is 3. The highest BCUT2D eigenvalue weighted by atomic mass is 35.5. The molecule has 1 saturated heterocycles. The Kier molecular flexibility index (Phi) is 4.37. The maximum Gasteiger partial charge on any atom is 0.233 e. The average Bonchev–Trinajstić information content (AvgIpc) is 3.69. The maximum absolute atomic E-state index is 6.09. The van der Waals surface area contributed by atoms with E-state index in [0.29, 0.717) is 17.8 Å². The van der Waals surface area contributed by atoms with Gasteiger partial charge in [0.2, 0.25) is 11.9 Å². The lowest BCUT2D eigenvalue weighted by molar-refractivity contribution is 0.694. The van der Waals surface area contributed by atoms with Crippen molar-refractivity contribution in [3.63, 3.8) is 0 Å². The van der Waals surface area contributed by atoms with Crippen LogP contribution in [0.3, 0.4) is 0 Å². The number of benzene rings is 1. The van der Waals surface area contributed by atoms with Crippen LogP contribution in [-0.2, 0) is 0 Å². The minimum Gasteiger partial charge on any atom is -0.334 e. The van der Waals surface area contributed by atoms with Crippen LogP contribution in [0.15, 0.2) is 30.3 Å². The minimum atomic E-state index is 0.261. The standard InChI is InChI=1S/C22H24ClN7/c23-16-9-7-14(8-10-16)18-2-1-11-30(18)22-26-20(15-5-6-15)25-21(27-22)24-19-12-17(28-29-19)13-3-4-13/h7-10,12-13,15,18H,1-6,11H2,(H2,24,25,26,27,28,29). The van der Waals surface area contributed by atoms with Crippen LogP contribution >= 0.6 is 11.6 Å². The smallest absolute Gasteiger partial charge is 0.233 e. The van der Waals surface area contributed by atoms with Crippen LogP contribution in [0.25, 0.3) is 0 Å². The topological polar surface area (TPSA) is 82.6 Å². The van der Waals surface area contributed by atoms with Crippen molar-refractivity contribution in [2.45, 2.75) is 56.4 Å². The molecule has 0 radical (unpaired) electrons. The Bertz CT molecular complexity index is 1060. The normalized spacial score (nSPS) is 21.2. The summed E-state index contributed by atoms with van der Waals surface area (Å²) in [5, 5.41) is 11.6. The third-order valence-electron chi connectivity index (χ3n) is 6.20.